The molecule has 0 aliphatic heterocycles. The van der Waals surface area contributed by atoms with Crippen LogP contribution < -0.4 is 0 Å². The number of hydrogen-bond donors (Lipinski definition) is 0. The van der Waals surface area contributed by atoms with E-state index >= 15 is 0 Å². The maximum absolute atomic E-state index is 10.9. The van der Waals surface area contributed by atoms with Gasteiger partial charge in [-0.2, -0.15) is 8.42 Å². The third-order valence-electron chi connectivity index (χ3n) is 2.59. The standard InChI is InChI=1S/C12H15NO3S2/c1-9-7-13-12(17-9)11-5-3-10(4-6-11)8-16-18(2,14)15/h3,5,7H,4,6,8H2,1-2H3. The predicted molar refractivity (Wildman–Crippen MR) is 72.9 cm³/mol. The maximum atomic E-state index is 10.9. The van der Waals surface area contributed by atoms with Gasteiger partial charge in [0.25, 0.3) is 10.1 Å². The van der Waals surface area contributed by atoms with E-state index in [9.17, 15) is 8.42 Å². The van der Waals surface area contributed by atoms with Crippen LogP contribution in [0, 0.1) is 6.92 Å². The molecule has 0 spiro atoms. The SMILES string of the molecule is Cc1cnc(C2=CC=C(COS(C)(=O)=O)CC2)s1. The number of hydrogen-bond acceptors (Lipinski definition) is 5. The molecule has 0 saturated heterocycles. The van der Waals surface area contributed by atoms with Gasteiger partial charge in [0.1, 0.15) is 5.01 Å². The van der Waals surface area contributed by atoms with E-state index in [-0.39, 0.29) is 6.61 Å². The van der Waals surface area contributed by atoms with Crippen molar-refractivity contribution in [2.45, 2.75) is 19.8 Å². The van der Waals surface area contributed by atoms with Crippen LogP contribution in [0.3, 0.4) is 0 Å². The molecule has 0 bridgehead atoms. The largest absolute Gasteiger partial charge is 0.266 e. The van der Waals surface area contributed by atoms with Crippen molar-refractivity contribution in [3.8, 4) is 0 Å². The second kappa shape index (κ2) is 5.34. The molecule has 18 heavy (non-hydrogen) atoms. The molecule has 0 fully saturated rings. The topological polar surface area (TPSA) is 56.3 Å². The zero-order valence-electron chi connectivity index (χ0n) is 10.3. The lowest BCUT2D eigenvalue weighted by Gasteiger charge is -2.12. The van der Waals surface area contributed by atoms with Crippen molar-refractivity contribution in [3.05, 3.63) is 33.8 Å². The van der Waals surface area contributed by atoms with Gasteiger partial charge in [-0.25, -0.2) is 4.98 Å². The van der Waals surface area contributed by atoms with Crippen molar-refractivity contribution in [2.75, 3.05) is 12.9 Å². The number of nitrogens with zero attached hydrogens (tertiary/aromatic N) is 1. The van der Waals surface area contributed by atoms with Crippen LogP contribution in [0.4, 0.5) is 0 Å². The molecule has 98 valence electrons. The highest BCUT2D eigenvalue weighted by atomic mass is 32.2. The van der Waals surface area contributed by atoms with Crippen molar-refractivity contribution < 1.29 is 12.6 Å². The Hall–Kier alpha value is -0.980. The average Bonchev–Trinajstić information content (AvgIpc) is 2.73. The zero-order valence-corrected chi connectivity index (χ0v) is 12.0. The van der Waals surface area contributed by atoms with Crippen LogP contribution in [-0.4, -0.2) is 26.3 Å². The molecule has 1 aromatic heterocycles. The maximum Gasteiger partial charge on any atom is 0.264 e. The quantitative estimate of drug-likeness (QED) is 0.798. The van der Waals surface area contributed by atoms with Gasteiger partial charge in [-0.1, -0.05) is 12.2 Å². The monoisotopic (exact) mass is 285 g/mol. The summed E-state index contributed by atoms with van der Waals surface area (Å²) >= 11 is 1.68. The minimum Gasteiger partial charge on any atom is -0.266 e. The van der Waals surface area contributed by atoms with Crippen molar-refractivity contribution in [1.29, 1.82) is 0 Å². The Kier molecular flexibility index (Phi) is 3.99. The van der Waals surface area contributed by atoms with Crippen molar-refractivity contribution in [3.63, 3.8) is 0 Å². The van der Waals surface area contributed by atoms with Crippen LogP contribution in [0.2, 0.25) is 0 Å². The van der Waals surface area contributed by atoms with Crippen LogP contribution in [0.15, 0.2) is 23.9 Å². The minimum absolute atomic E-state index is 0.152. The Bertz CT molecular complexity index is 597. The molecule has 0 unspecified atom stereocenters. The van der Waals surface area contributed by atoms with Crippen molar-refractivity contribution in [2.24, 2.45) is 0 Å². The molecule has 1 aliphatic rings. The van der Waals surface area contributed by atoms with Gasteiger partial charge in [0.2, 0.25) is 0 Å². The zero-order chi connectivity index (χ0) is 13.2. The summed E-state index contributed by atoms with van der Waals surface area (Å²) in [4.78, 5) is 5.54. The fourth-order valence-electron chi connectivity index (χ4n) is 1.66. The molecular formula is C12H15NO3S2. The Labute approximate surface area is 111 Å². The summed E-state index contributed by atoms with van der Waals surface area (Å²) < 4.78 is 26.6. The summed E-state index contributed by atoms with van der Waals surface area (Å²) in [6.07, 6.45) is 8.57. The predicted octanol–water partition coefficient (Wildman–Crippen LogP) is 2.53. The van der Waals surface area contributed by atoms with E-state index in [4.69, 9.17) is 4.18 Å². The third-order valence-corrected chi connectivity index (χ3v) is 4.12. The first-order valence-electron chi connectivity index (χ1n) is 5.60. The second-order valence-electron chi connectivity index (χ2n) is 4.26. The highest BCUT2D eigenvalue weighted by molar-refractivity contribution is 7.86. The van der Waals surface area contributed by atoms with Crippen molar-refractivity contribution in [1.82, 2.24) is 4.98 Å². The molecule has 0 aromatic carbocycles. The van der Waals surface area contributed by atoms with Crippen LogP contribution in [0.5, 0.6) is 0 Å². The fourth-order valence-corrected chi connectivity index (χ4v) is 2.85. The highest BCUT2D eigenvalue weighted by Gasteiger charge is 2.12. The van der Waals surface area contributed by atoms with Gasteiger partial charge < -0.3 is 0 Å². The summed E-state index contributed by atoms with van der Waals surface area (Å²) in [5, 5.41) is 1.05. The van der Waals surface area contributed by atoms with E-state index < -0.39 is 10.1 Å². The Morgan fingerprint density at radius 3 is 2.67 bits per heavy atom. The number of rotatable bonds is 4. The molecule has 0 N–H and O–H groups in total. The smallest absolute Gasteiger partial charge is 0.264 e. The summed E-state index contributed by atoms with van der Waals surface area (Å²) in [7, 11) is -3.36. The summed E-state index contributed by atoms with van der Waals surface area (Å²) in [6.45, 7) is 2.19. The van der Waals surface area contributed by atoms with E-state index in [1.807, 2.05) is 25.3 Å². The molecule has 1 heterocycles. The first-order chi connectivity index (χ1) is 8.44. The van der Waals surface area contributed by atoms with Gasteiger partial charge in [0.15, 0.2) is 0 Å². The van der Waals surface area contributed by atoms with E-state index in [1.165, 1.54) is 10.5 Å². The lowest BCUT2D eigenvalue weighted by Crippen LogP contribution is -2.07. The van der Waals surface area contributed by atoms with Crippen LogP contribution >= 0.6 is 11.3 Å². The number of thiazole rings is 1. The van der Waals surface area contributed by atoms with Gasteiger partial charge in [-0.05, 0) is 30.9 Å². The summed E-state index contributed by atoms with van der Waals surface area (Å²) in [6, 6.07) is 0. The molecule has 0 atom stereocenters. The molecule has 0 saturated carbocycles. The van der Waals surface area contributed by atoms with Crippen LogP contribution in [0.1, 0.15) is 22.7 Å². The molecule has 1 aliphatic carbocycles. The van der Waals surface area contributed by atoms with Gasteiger partial charge in [-0.3, -0.25) is 4.18 Å². The Morgan fingerprint density at radius 2 is 2.17 bits per heavy atom. The molecule has 1 aromatic rings. The molecular weight excluding hydrogens is 270 g/mol. The second-order valence-corrected chi connectivity index (χ2v) is 7.14. The van der Waals surface area contributed by atoms with Crippen LogP contribution in [0.25, 0.3) is 5.57 Å². The molecule has 2 rings (SSSR count). The van der Waals surface area contributed by atoms with E-state index in [1.54, 1.807) is 11.3 Å². The van der Waals surface area contributed by atoms with E-state index in [2.05, 4.69) is 4.98 Å². The molecule has 4 nitrogen and oxygen atoms in total. The minimum atomic E-state index is -3.36. The molecule has 6 heteroatoms. The van der Waals surface area contributed by atoms with Crippen molar-refractivity contribution >= 4 is 27.0 Å². The summed E-state index contributed by atoms with van der Waals surface area (Å²) in [5.74, 6) is 0. The van der Waals surface area contributed by atoms with Gasteiger partial charge >= 0.3 is 0 Å². The average molecular weight is 285 g/mol. The number of allylic oxidation sites excluding steroid dienone is 3. The van der Waals surface area contributed by atoms with E-state index in [0.717, 1.165) is 29.7 Å². The number of aromatic nitrogens is 1. The highest BCUT2D eigenvalue weighted by Crippen LogP contribution is 2.29. The Balaban J connectivity index is 2.03. The van der Waals surface area contributed by atoms with Gasteiger partial charge in [0, 0.05) is 11.1 Å². The number of aryl methyl sites for hydroxylation is 1. The lowest BCUT2D eigenvalue weighted by molar-refractivity contribution is 0.348. The molecule has 0 amide bonds. The lowest BCUT2D eigenvalue weighted by atomic mass is 9.99. The van der Waals surface area contributed by atoms with Crippen LogP contribution in [-0.2, 0) is 14.3 Å². The van der Waals surface area contributed by atoms with E-state index in [0.29, 0.717) is 0 Å². The van der Waals surface area contributed by atoms with Gasteiger partial charge in [0.05, 0.1) is 12.9 Å². The first kappa shape index (κ1) is 13.5. The normalized spacial score (nSPS) is 16.3. The first-order valence-corrected chi connectivity index (χ1v) is 8.23. The molecule has 0 radical (unpaired) electrons. The van der Waals surface area contributed by atoms with Gasteiger partial charge in [-0.15, -0.1) is 11.3 Å². The third kappa shape index (κ3) is 3.76. The Morgan fingerprint density at radius 1 is 1.39 bits per heavy atom. The fraction of sp³-hybridized carbons (Fsp3) is 0.417. The summed E-state index contributed by atoms with van der Waals surface area (Å²) in [5.41, 5.74) is 2.20.